The Labute approximate surface area is 127 Å². The van der Waals surface area contributed by atoms with Gasteiger partial charge in [0.25, 0.3) is 0 Å². The first-order valence-electron chi connectivity index (χ1n) is 5.96. The van der Waals surface area contributed by atoms with E-state index in [1.54, 1.807) is 12.1 Å². The molecular formula is C14H9BrF2N4. The molecule has 4 nitrogen and oxygen atoms in total. The first kappa shape index (κ1) is 13.7. The zero-order valence-electron chi connectivity index (χ0n) is 10.6. The molecule has 3 N–H and O–H groups in total. The molecule has 106 valence electrons. The van der Waals surface area contributed by atoms with Crippen LogP contribution in [-0.2, 0) is 0 Å². The molecule has 3 rings (SSSR count). The van der Waals surface area contributed by atoms with Crippen molar-refractivity contribution in [2.75, 3.05) is 11.1 Å². The smallest absolute Gasteiger partial charge is 0.148 e. The van der Waals surface area contributed by atoms with Crippen molar-refractivity contribution in [2.45, 2.75) is 0 Å². The predicted molar refractivity (Wildman–Crippen MR) is 81.3 cm³/mol. The minimum Gasteiger partial charge on any atom is -0.396 e. The van der Waals surface area contributed by atoms with Crippen molar-refractivity contribution in [1.29, 1.82) is 0 Å². The van der Waals surface area contributed by atoms with Crippen LogP contribution in [0.25, 0.3) is 10.9 Å². The second-order valence-corrected chi connectivity index (χ2v) is 5.28. The number of fused-ring (bicyclic) bond motifs is 1. The van der Waals surface area contributed by atoms with Crippen LogP contribution in [0.2, 0.25) is 0 Å². The Morgan fingerprint density at radius 3 is 2.62 bits per heavy atom. The second kappa shape index (κ2) is 5.25. The summed E-state index contributed by atoms with van der Waals surface area (Å²) < 4.78 is 27.9. The van der Waals surface area contributed by atoms with Gasteiger partial charge in [-0.15, -0.1) is 0 Å². The van der Waals surface area contributed by atoms with E-state index >= 15 is 0 Å². The molecular weight excluding hydrogens is 342 g/mol. The topological polar surface area (TPSA) is 63.8 Å². The maximum atomic E-state index is 13.9. The number of aromatic nitrogens is 2. The number of halogens is 3. The molecule has 1 aromatic heterocycles. The highest BCUT2D eigenvalue weighted by atomic mass is 79.9. The van der Waals surface area contributed by atoms with Gasteiger partial charge < -0.3 is 11.1 Å². The van der Waals surface area contributed by atoms with Crippen LogP contribution >= 0.6 is 15.9 Å². The van der Waals surface area contributed by atoms with Crippen molar-refractivity contribution in [3.63, 3.8) is 0 Å². The largest absolute Gasteiger partial charge is 0.396 e. The van der Waals surface area contributed by atoms with Crippen LogP contribution in [0.3, 0.4) is 0 Å². The first-order chi connectivity index (χ1) is 10.0. The van der Waals surface area contributed by atoms with Gasteiger partial charge in [-0.2, -0.15) is 0 Å². The molecule has 0 bridgehead atoms. The van der Waals surface area contributed by atoms with Crippen LogP contribution in [0.4, 0.5) is 26.0 Å². The molecule has 0 fully saturated rings. The molecule has 3 aromatic rings. The lowest BCUT2D eigenvalue weighted by molar-refractivity contribution is 0.631. The maximum Gasteiger partial charge on any atom is 0.148 e. The lowest BCUT2D eigenvalue weighted by atomic mass is 10.2. The van der Waals surface area contributed by atoms with E-state index in [1.807, 2.05) is 0 Å². The lowest BCUT2D eigenvalue weighted by Gasteiger charge is -2.10. The van der Waals surface area contributed by atoms with E-state index in [9.17, 15) is 8.78 Å². The minimum atomic E-state index is -0.554. The standard InChI is InChI=1S/C14H9BrF2N4/c15-7-1-2-12(10(17)3-7)21-14-8-4-11(18)9(16)5-13(8)19-6-20-14/h1-6H,18H2,(H,19,20,21). The van der Waals surface area contributed by atoms with Gasteiger partial charge in [-0.25, -0.2) is 18.7 Å². The number of nitrogens with zero attached hydrogens (tertiary/aromatic N) is 2. The molecule has 0 unspecified atom stereocenters. The normalized spacial score (nSPS) is 10.8. The molecule has 0 saturated heterocycles. The van der Waals surface area contributed by atoms with Gasteiger partial charge in [-0.3, -0.25) is 0 Å². The van der Waals surface area contributed by atoms with Crippen LogP contribution in [-0.4, -0.2) is 9.97 Å². The number of nitrogens with one attached hydrogen (secondary N) is 1. The monoisotopic (exact) mass is 350 g/mol. The fourth-order valence-electron chi connectivity index (χ4n) is 1.91. The molecule has 2 aromatic carbocycles. The number of rotatable bonds is 2. The highest BCUT2D eigenvalue weighted by molar-refractivity contribution is 9.10. The summed E-state index contributed by atoms with van der Waals surface area (Å²) in [5.74, 6) is -0.638. The van der Waals surface area contributed by atoms with E-state index in [0.717, 1.165) is 0 Å². The van der Waals surface area contributed by atoms with Gasteiger partial charge in [0.1, 0.15) is 23.8 Å². The van der Waals surface area contributed by atoms with Crippen LogP contribution in [0.1, 0.15) is 0 Å². The van der Waals surface area contributed by atoms with Gasteiger partial charge in [0.05, 0.1) is 16.9 Å². The number of benzene rings is 2. The van der Waals surface area contributed by atoms with Crippen molar-refractivity contribution in [3.8, 4) is 0 Å². The molecule has 0 amide bonds. The Kier molecular flexibility index (Phi) is 3.42. The highest BCUT2D eigenvalue weighted by Gasteiger charge is 2.10. The van der Waals surface area contributed by atoms with Crippen molar-refractivity contribution in [3.05, 3.63) is 52.8 Å². The molecule has 0 aliphatic heterocycles. The molecule has 7 heteroatoms. The van der Waals surface area contributed by atoms with Crippen molar-refractivity contribution < 1.29 is 8.78 Å². The van der Waals surface area contributed by atoms with E-state index in [4.69, 9.17) is 5.73 Å². The maximum absolute atomic E-state index is 13.9. The summed E-state index contributed by atoms with van der Waals surface area (Å²) in [6.07, 6.45) is 1.27. The molecule has 0 atom stereocenters. The van der Waals surface area contributed by atoms with Gasteiger partial charge in [0.15, 0.2) is 0 Å². The van der Waals surface area contributed by atoms with E-state index < -0.39 is 11.6 Å². The van der Waals surface area contributed by atoms with Crippen molar-refractivity contribution in [1.82, 2.24) is 9.97 Å². The van der Waals surface area contributed by atoms with Crippen molar-refractivity contribution >= 4 is 44.0 Å². The van der Waals surface area contributed by atoms with Crippen LogP contribution in [0.15, 0.2) is 41.1 Å². The van der Waals surface area contributed by atoms with Gasteiger partial charge in [0.2, 0.25) is 0 Å². The van der Waals surface area contributed by atoms with Gasteiger partial charge >= 0.3 is 0 Å². The third kappa shape index (κ3) is 2.64. The van der Waals surface area contributed by atoms with E-state index in [1.165, 1.54) is 24.5 Å². The first-order valence-corrected chi connectivity index (χ1v) is 6.75. The summed E-state index contributed by atoms with van der Waals surface area (Å²) in [6, 6.07) is 7.24. The fourth-order valence-corrected chi connectivity index (χ4v) is 2.25. The SMILES string of the molecule is Nc1cc2c(Nc3ccc(Br)cc3F)ncnc2cc1F. The van der Waals surface area contributed by atoms with Crippen LogP contribution < -0.4 is 11.1 Å². The Balaban J connectivity index is 2.10. The summed E-state index contributed by atoms with van der Waals surface area (Å²) in [5.41, 5.74) is 6.18. The molecule has 0 aliphatic carbocycles. The average molecular weight is 351 g/mol. The molecule has 1 heterocycles. The lowest BCUT2D eigenvalue weighted by Crippen LogP contribution is -2.00. The molecule has 21 heavy (non-hydrogen) atoms. The Morgan fingerprint density at radius 2 is 1.86 bits per heavy atom. The predicted octanol–water partition coefficient (Wildman–Crippen LogP) is 4.00. The summed E-state index contributed by atoms with van der Waals surface area (Å²) in [6.45, 7) is 0. The molecule has 0 spiro atoms. The number of hydrogen-bond acceptors (Lipinski definition) is 4. The third-order valence-corrected chi connectivity index (χ3v) is 3.43. The highest BCUT2D eigenvalue weighted by Crippen LogP contribution is 2.28. The molecule has 0 aliphatic rings. The quantitative estimate of drug-likeness (QED) is 0.685. The number of nitrogen functional groups attached to an aromatic ring is 1. The number of anilines is 3. The van der Waals surface area contributed by atoms with Crippen molar-refractivity contribution in [2.24, 2.45) is 0 Å². The summed E-state index contributed by atoms with van der Waals surface area (Å²) in [7, 11) is 0. The van der Waals surface area contributed by atoms with E-state index in [-0.39, 0.29) is 11.4 Å². The summed E-state index contributed by atoms with van der Waals surface area (Å²) >= 11 is 3.19. The number of nitrogens with two attached hydrogens (primary N) is 1. The Bertz CT molecular complexity index is 839. The second-order valence-electron chi connectivity index (χ2n) is 4.36. The zero-order valence-corrected chi connectivity index (χ0v) is 12.2. The van der Waals surface area contributed by atoms with E-state index in [0.29, 0.717) is 21.2 Å². The summed E-state index contributed by atoms with van der Waals surface area (Å²) in [5, 5.41) is 3.38. The van der Waals surface area contributed by atoms with E-state index in [2.05, 4.69) is 31.2 Å². The van der Waals surface area contributed by atoms with Crippen LogP contribution in [0, 0.1) is 11.6 Å². The van der Waals surface area contributed by atoms with Crippen LogP contribution in [0.5, 0.6) is 0 Å². The fraction of sp³-hybridized carbons (Fsp3) is 0. The molecule has 0 radical (unpaired) electrons. The average Bonchev–Trinajstić information content (AvgIpc) is 2.44. The van der Waals surface area contributed by atoms with Gasteiger partial charge in [-0.05, 0) is 24.3 Å². The number of hydrogen-bond donors (Lipinski definition) is 2. The third-order valence-electron chi connectivity index (χ3n) is 2.94. The summed E-state index contributed by atoms with van der Waals surface area (Å²) in [4.78, 5) is 8.03. The van der Waals surface area contributed by atoms with Gasteiger partial charge in [0, 0.05) is 15.9 Å². The molecule has 0 saturated carbocycles. The Hall–Kier alpha value is -2.28. The van der Waals surface area contributed by atoms with Gasteiger partial charge in [-0.1, -0.05) is 15.9 Å². The zero-order chi connectivity index (χ0) is 15.0. The Morgan fingerprint density at radius 1 is 1.05 bits per heavy atom. The minimum absolute atomic E-state index is 0.0170.